The van der Waals surface area contributed by atoms with Crippen molar-refractivity contribution < 1.29 is 17.9 Å². The molecule has 44 heavy (non-hydrogen) atoms. The van der Waals surface area contributed by atoms with Gasteiger partial charge in [0, 0.05) is 5.41 Å². The van der Waals surface area contributed by atoms with Crippen LogP contribution in [-0.2, 0) is 20.7 Å². The summed E-state index contributed by atoms with van der Waals surface area (Å²) in [7, 11) is -3.62. The quantitative estimate of drug-likeness (QED) is 0.209. The molecule has 1 fully saturated rings. The molecule has 0 N–H and O–H groups in total. The third-order valence-corrected chi connectivity index (χ3v) is 10.4. The number of sulfone groups is 1. The highest BCUT2D eigenvalue weighted by atomic mass is 32.2. The van der Waals surface area contributed by atoms with Crippen molar-refractivity contribution >= 4 is 9.84 Å². The molecule has 1 aliphatic carbocycles. The second kappa shape index (κ2) is 11.4. The predicted octanol–water partition coefficient (Wildman–Crippen LogP) is 10.3. The van der Waals surface area contributed by atoms with Crippen LogP contribution in [0.2, 0.25) is 0 Å². The van der Waals surface area contributed by atoms with Crippen LogP contribution in [0, 0.1) is 5.41 Å². The zero-order valence-corrected chi connectivity index (χ0v) is 28.2. The maximum Gasteiger partial charge on any atom is 0.206 e. The second-order valence-electron chi connectivity index (χ2n) is 15.0. The fraction of sp³-hybridized carbons (Fsp3) is 0.385. The van der Waals surface area contributed by atoms with Gasteiger partial charge in [0.2, 0.25) is 9.84 Å². The Morgan fingerprint density at radius 1 is 0.591 bits per heavy atom. The van der Waals surface area contributed by atoms with Crippen molar-refractivity contribution in [2.75, 3.05) is 0 Å². The van der Waals surface area contributed by atoms with E-state index in [9.17, 15) is 8.42 Å². The first-order valence-corrected chi connectivity index (χ1v) is 17.0. The van der Waals surface area contributed by atoms with Crippen molar-refractivity contribution in [2.45, 2.75) is 101 Å². The predicted molar refractivity (Wildman–Crippen MR) is 179 cm³/mol. The minimum Gasteiger partial charge on any atom is -0.488 e. The Bertz CT molecular complexity index is 1690. The zero-order valence-electron chi connectivity index (χ0n) is 27.4. The molecule has 1 unspecified atom stereocenters. The SMILES string of the molecule is CC1(C)CCC(c2ccc(Oc3ccc(S(=O)(=O)c4ccc(C(C)(C)C)cc4)cc3)cc2)(c2ccc(OC(C)(C)C)cc2)C1. The van der Waals surface area contributed by atoms with Gasteiger partial charge in [-0.3, -0.25) is 0 Å². The molecule has 0 spiro atoms. The molecule has 0 radical (unpaired) electrons. The summed E-state index contributed by atoms with van der Waals surface area (Å²) in [6, 6.07) is 30.8. The summed E-state index contributed by atoms with van der Waals surface area (Å²) in [6.07, 6.45) is 3.30. The van der Waals surface area contributed by atoms with Gasteiger partial charge in [0.05, 0.1) is 9.79 Å². The maximum atomic E-state index is 13.3. The van der Waals surface area contributed by atoms with Gasteiger partial charge in [-0.15, -0.1) is 0 Å². The normalized spacial score (nSPS) is 18.6. The highest BCUT2D eigenvalue weighted by Gasteiger charge is 2.45. The lowest BCUT2D eigenvalue weighted by atomic mass is 9.71. The Kier molecular flexibility index (Phi) is 8.26. The van der Waals surface area contributed by atoms with Crippen molar-refractivity contribution in [3.05, 3.63) is 114 Å². The van der Waals surface area contributed by atoms with Gasteiger partial charge in [-0.05, 0) is 128 Å². The first-order chi connectivity index (χ1) is 20.5. The summed E-state index contributed by atoms with van der Waals surface area (Å²) in [5, 5.41) is 0. The number of ether oxygens (including phenoxy) is 2. The summed E-state index contributed by atoms with van der Waals surface area (Å²) in [5.41, 5.74) is 3.56. The number of benzene rings is 4. The molecule has 0 saturated heterocycles. The van der Waals surface area contributed by atoms with Crippen LogP contribution in [-0.4, -0.2) is 14.0 Å². The van der Waals surface area contributed by atoms with Crippen LogP contribution in [0.4, 0.5) is 0 Å². The van der Waals surface area contributed by atoms with Gasteiger partial charge in [-0.2, -0.15) is 0 Å². The topological polar surface area (TPSA) is 52.6 Å². The summed E-state index contributed by atoms with van der Waals surface area (Å²) < 4.78 is 38.7. The maximum absolute atomic E-state index is 13.3. The lowest BCUT2D eigenvalue weighted by Gasteiger charge is -2.33. The van der Waals surface area contributed by atoms with Gasteiger partial charge < -0.3 is 9.47 Å². The summed E-state index contributed by atoms with van der Waals surface area (Å²) in [5.74, 6) is 2.18. The molecule has 0 bridgehead atoms. The van der Waals surface area contributed by atoms with E-state index in [4.69, 9.17) is 9.47 Å². The zero-order chi connectivity index (χ0) is 32.0. The number of hydrogen-bond acceptors (Lipinski definition) is 4. The molecular weight excluding hydrogens is 564 g/mol. The van der Waals surface area contributed by atoms with E-state index in [0.717, 1.165) is 30.6 Å². The molecule has 1 aliphatic rings. The van der Waals surface area contributed by atoms with E-state index in [2.05, 4.69) is 91.8 Å². The number of hydrogen-bond donors (Lipinski definition) is 0. The molecule has 4 aromatic rings. The molecule has 1 saturated carbocycles. The third kappa shape index (κ3) is 6.89. The van der Waals surface area contributed by atoms with Crippen molar-refractivity contribution in [3.8, 4) is 17.2 Å². The van der Waals surface area contributed by atoms with Crippen LogP contribution in [0.25, 0.3) is 0 Å². The monoisotopic (exact) mass is 610 g/mol. The van der Waals surface area contributed by atoms with Crippen molar-refractivity contribution in [1.29, 1.82) is 0 Å². The molecular formula is C39H46O4S. The van der Waals surface area contributed by atoms with Crippen molar-refractivity contribution in [3.63, 3.8) is 0 Å². The fourth-order valence-corrected chi connectivity index (χ4v) is 7.60. The van der Waals surface area contributed by atoms with E-state index in [-0.39, 0.29) is 31.6 Å². The molecule has 0 aliphatic heterocycles. The minimum absolute atomic E-state index is 0.0410. The second-order valence-corrected chi connectivity index (χ2v) is 17.0. The highest BCUT2D eigenvalue weighted by Crippen LogP contribution is 2.54. The molecule has 5 heteroatoms. The molecule has 5 rings (SSSR count). The van der Waals surface area contributed by atoms with Crippen LogP contribution in [0.1, 0.15) is 91.3 Å². The van der Waals surface area contributed by atoms with Gasteiger partial charge in [0.15, 0.2) is 0 Å². The Morgan fingerprint density at radius 3 is 1.43 bits per heavy atom. The Morgan fingerprint density at radius 2 is 1.02 bits per heavy atom. The molecule has 1 atom stereocenters. The van der Waals surface area contributed by atoms with Crippen LogP contribution in [0.3, 0.4) is 0 Å². The van der Waals surface area contributed by atoms with Crippen LogP contribution >= 0.6 is 0 Å². The summed E-state index contributed by atoms with van der Waals surface area (Å²) in [6.45, 7) is 17.2. The van der Waals surface area contributed by atoms with E-state index >= 15 is 0 Å². The fourth-order valence-electron chi connectivity index (χ4n) is 6.34. The van der Waals surface area contributed by atoms with Crippen molar-refractivity contribution in [1.82, 2.24) is 0 Å². The van der Waals surface area contributed by atoms with E-state index in [1.807, 2.05) is 24.3 Å². The van der Waals surface area contributed by atoms with E-state index in [1.165, 1.54) is 11.1 Å². The van der Waals surface area contributed by atoms with Crippen LogP contribution in [0.15, 0.2) is 107 Å². The van der Waals surface area contributed by atoms with Gasteiger partial charge in [-0.1, -0.05) is 71.0 Å². The summed E-state index contributed by atoms with van der Waals surface area (Å²) in [4.78, 5) is 0.531. The van der Waals surface area contributed by atoms with Gasteiger partial charge in [0.1, 0.15) is 22.8 Å². The summed E-state index contributed by atoms with van der Waals surface area (Å²) >= 11 is 0. The van der Waals surface area contributed by atoms with Gasteiger partial charge in [0.25, 0.3) is 0 Å². The first kappa shape index (κ1) is 31.8. The Balaban J connectivity index is 1.34. The lowest BCUT2D eigenvalue weighted by Crippen LogP contribution is -2.26. The van der Waals surface area contributed by atoms with Crippen molar-refractivity contribution in [2.24, 2.45) is 5.41 Å². The Hall–Kier alpha value is -3.57. The third-order valence-electron chi connectivity index (χ3n) is 8.65. The average molecular weight is 611 g/mol. The van der Waals surface area contributed by atoms with Crippen LogP contribution in [0.5, 0.6) is 17.2 Å². The molecule has 4 aromatic carbocycles. The molecule has 0 aromatic heterocycles. The first-order valence-electron chi connectivity index (χ1n) is 15.5. The van der Waals surface area contributed by atoms with Crippen LogP contribution < -0.4 is 9.47 Å². The number of rotatable bonds is 7. The van der Waals surface area contributed by atoms with E-state index in [1.54, 1.807) is 36.4 Å². The lowest BCUT2D eigenvalue weighted by molar-refractivity contribution is 0.131. The standard InChI is InChI=1S/C39H46O4S/c1-36(2,3)28-13-21-34(22-14-28)44(40,41)35-23-19-32(20-24-35)42-31-15-9-29(10-16-31)39(26-25-38(7,8)27-39)30-11-17-33(18-12-30)43-37(4,5)6/h9-24H,25-27H2,1-8H3. The molecule has 232 valence electrons. The average Bonchev–Trinajstić information content (AvgIpc) is 3.29. The smallest absolute Gasteiger partial charge is 0.206 e. The minimum atomic E-state index is -3.62. The van der Waals surface area contributed by atoms with E-state index < -0.39 is 9.84 Å². The van der Waals surface area contributed by atoms with Gasteiger partial charge >= 0.3 is 0 Å². The molecule has 0 heterocycles. The Labute approximate surface area is 264 Å². The van der Waals surface area contributed by atoms with E-state index in [0.29, 0.717) is 11.5 Å². The largest absolute Gasteiger partial charge is 0.488 e. The van der Waals surface area contributed by atoms with Gasteiger partial charge in [-0.25, -0.2) is 8.42 Å². The highest BCUT2D eigenvalue weighted by molar-refractivity contribution is 7.91. The molecule has 4 nitrogen and oxygen atoms in total. The molecule has 0 amide bonds.